The van der Waals surface area contributed by atoms with Gasteiger partial charge in [-0.05, 0) is 87.2 Å². The molecule has 92 heavy (non-hydrogen) atoms. The van der Waals surface area contributed by atoms with Crippen LogP contribution in [-0.2, 0) is 83.1 Å². The molecule has 0 aliphatic rings. The number of benzene rings is 3. The molecular weight excluding hydrogens is 1340 g/mol. The lowest BCUT2D eigenvalue weighted by atomic mass is 10.1. The van der Waals surface area contributed by atoms with Crippen LogP contribution in [0.1, 0.15) is 75.8 Å². The highest BCUT2D eigenvalue weighted by molar-refractivity contribution is 7.90. The predicted octanol–water partition coefficient (Wildman–Crippen LogP) is 1.51. The highest BCUT2D eigenvalue weighted by Crippen LogP contribution is 2.29. The van der Waals surface area contributed by atoms with Crippen molar-refractivity contribution in [3.05, 3.63) is 124 Å². The summed E-state index contributed by atoms with van der Waals surface area (Å²) in [6, 6.07) is 14.6. The number of anilines is 5. The lowest BCUT2D eigenvalue weighted by Gasteiger charge is -2.26. The summed E-state index contributed by atoms with van der Waals surface area (Å²) in [5.74, 6) is -4.39. The number of carbonyl (C=O) groups excluding carboxylic acids is 2. The summed E-state index contributed by atoms with van der Waals surface area (Å²) in [6.07, 6.45) is 3.49. The Hall–Kier alpha value is -7.58. The van der Waals surface area contributed by atoms with E-state index in [1.165, 1.54) is 62.6 Å². The quantitative estimate of drug-likeness (QED) is 0.0205. The van der Waals surface area contributed by atoms with Crippen molar-refractivity contribution in [2.75, 3.05) is 77.9 Å². The molecule has 0 unspecified atom stereocenters. The molecule has 504 valence electrons. The molecule has 0 saturated carbocycles. The Morgan fingerprint density at radius 2 is 1.08 bits per heavy atom. The van der Waals surface area contributed by atoms with Crippen LogP contribution in [0.5, 0.6) is 0 Å². The molecule has 12 N–H and O–H groups in total. The van der Waals surface area contributed by atoms with Crippen molar-refractivity contribution >= 4 is 108 Å². The molecule has 2 aromatic heterocycles. The topological polar surface area (TPSA) is 533 Å². The van der Waals surface area contributed by atoms with Gasteiger partial charge in [0.25, 0.3) is 60.7 Å². The Labute approximate surface area is 531 Å². The summed E-state index contributed by atoms with van der Waals surface area (Å²) in [6.45, 7) is 4.10. The largest absolute Gasteiger partial charge is 0.395 e. The maximum atomic E-state index is 13.1. The minimum absolute atomic E-state index is 0.00564. The van der Waals surface area contributed by atoms with Gasteiger partial charge in [0.05, 0.1) is 51.3 Å². The standard InChI is InChI=1S/C52H68N12O22S6/c1-6-36(14-15-37-13-12-35(28-42(37)92(84,85)86)30-44-55-43(29-34-10-8-7-9-11-34)56-49(57-44)63(24-26-65)22-19-45(67)61-51(2,3)32-87(69,70)71)40(90(78,79)80)18-21-53-47-58-48(54-39-31-38(89(75,76)77)16-17-41(39)91(81,82)83)60-50(59-47)64(25-27-66)23-20-46(68)62-52(4,5)33-88(72,73)74/h6-18,28,31,65-66H,19-27,29-30,32-33H2,1-5H3,(H,61,67)(H,62,68)(H,69,70,71)(H,72,73,74)(H,75,76,77)(H,78,79,80)(H,81,82,83)(H,84,85,86)(H2,53,54,58,59,60)/b15-14+,36-6-,40-18+. The Morgan fingerprint density at radius 3 is 1.55 bits per heavy atom. The van der Waals surface area contributed by atoms with Crippen molar-refractivity contribution in [3.8, 4) is 0 Å². The van der Waals surface area contributed by atoms with Gasteiger partial charge in [-0.3, -0.25) is 36.9 Å². The summed E-state index contributed by atoms with van der Waals surface area (Å²) >= 11 is 0. The first-order chi connectivity index (χ1) is 42.5. The van der Waals surface area contributed by atoms with Crippen LogP contribution in [0.25, 0.3) is 6.08 Å². The van der Waals surface area contributed by atoms with Gasteiger partial charge in [-0.1, -0.05) is 60.7 Å². The number of nitrogens with one attached hydrogen (secondary N) is 4. The minimum Gasteiger partial charge on any atom is -0.395 e. The zero-order chi connectivity index (χ0) is 68.8. The average molecular weight is 1410 g/mol. The Bertz CT molecular complexity index is 4330. The van der Waals surface area contributed by atoms with E-state index in [0.717, 1.165) is 29.9 Å². The van der Waals surface area contributed by atoms with Gasteiger partial charge < -0.3 is 41.3 Å². The second kappa shape index (κ2) is 30.9. The zero-order valence-corrected chi connectivity index (χ0v) is 54.6. The molecule has 34 nitrogen and oxygen atoms in total. The molecule has 0 aliphatic heterocycles. The van der Waals surface area contributed by atoms with E-state index in [0.29, 0.717) is 18.2 Å². The zero-order valence-electron chi connectivity index (χ0n) is 49.7. The van der Waals surface area contributed by atoms with Crippen LogP contribution in [0.4, 0.5) is 29.5 Å². The number of allylic oxidation sites excluding steroid dienone is 3. The summed E-state index contributed by atoms with van der Waals surface area (Å²) < 4.78 is 207. The lowest BCUT2D eigenvalue weighted by Crippen LogP contribution is -2.49. The summed E-state index contributed by atoms with van der Waals surface area (Å²) in [5, 5.41) is 30.1. The van der Waals surface area contributed by atoms with Crippen LogP contribution >= 0.6 is 0 Å². The van der Waals surface area contributed by atoms with Crippen LogP contribution < -0.4 is 31.1 Å². The predicted molar refractivity (Wildman–Crippen MR) is 333 cm³/mol. The molecule has 0 saturated heterocycles. The number of aliphatic hydroxyl groups excluding tert-OH is 2. The van der Waals surface area contributed by atoms with E-state index in [1.54, 1.807) is 30.3 Å². The van der Waals surface area contributed by atoms with Gasteiger partial charge >= 0.3 is 0 Å². The maximum absolute atomic E-state index is 13.1. The third kappa shape index (κ3) is 24.5. The van der Waals surface area contributed by atoms with Crippen LogP contribution in [0.15, 0.2) is 110 Å². The van der Waals surface area contributed by atoms with Crippen LogP contribution in [-0.4, -0.2) is 198 Å². The lowest BCUT2D eigenvalue weighted by molar-refractivity contribution is -0.123. The van der Waals surface area contributed by atoms with Gasteiger partial charge in [0, 0.05) is 58.4 Å². The summed E-state index contributed by atoms with van der Waals surface area (Å²) in [5.41, 5.74) is -3.09. The fourth-order valence-electron chi connectivity index (χ4n) is 8.83. The Morgan fingerprint density at radius 1 is 0.565 bits per heavy atom. The first-order valence-electron chi connectivity index (χ1n) is 27.0. The summed E-state index contributed by atoms with van der Waals surface area (Å²) in [7, 11) is -29.5. The van der Waals surface area contributed by atoms with E-state index in [2.05, 4.69) is 51.2 Å². The average Bonchev–Trinajstić information content (AvgIpc) is 0.814. The second-order valence-corrected chi connectivity index (χ2v) is 29.9. The Balaban J connectivity index is 1.50. The molecule has 0 fully saturated rings. The SMILES string of the molecule is C/C=C(/C=C/c1ccc(Cc2nc(Cc3ccccc3)nc(N(CCO)CCC(=O)NC(C)(C)CS(=O)(=O)O)n2)cc1S(=O)(=O)O)C(=C/CNc1nc(Nc2cc(S(=O)(=O)O)ccc2S(=O)(=O)O)nc(N(CCO)CCC(=O)NC(C)(C)CS(=O)(=O)O)n1)\S(=O)(=O)O. The number of aromatic nitrogens is 6. The van der Waals surface area contributed by atoms with E-state index in [1.807, 2.05) is 0 Å². The van der Waals surface area contributed by atoms with Crippen LogP contribution in [0.2, 0.25) is 0 Å². The molecule has 3 aromatic carbocycles. The van der Waals surface area contributed by atoms with Crippen LogP contribution in [0.3, 0.4) is 0 Å². The first-order valence-corrected chi connectivity index (χ1v) is 35.9. The smallest absolute Gasteiger partial charge is 0.296 e. The number of rotatable bonds is 34. The third-order valence-electron chi connectivity index (χ3n) is 12.5. The molecule has 0 bridgehead atoms. The van der Waals surface area contributed by atoms with Gasteiger partial charge in [-0.15, -0.1) is 0 Å². The van der Waals surface area contributed by atoms with Gasteiger partial charge in [0.2, 0.25) is 35.6 Å². The molecule has 0 spiro atoms. The normalized spacial score (nSPS) is 13.2. The maximum Gasteiger partial charge on any atom is 0.296 e. The summed E-state index contributed by atoms with van der Waals surface area (Å²) in [4.78, 5) is 51.6. The molecule has 5 rings (SSSR count). The van der Waals surface area contributed by atoms with E-state index in [9.17, 15) is 97.6 Å². The third-order valence-corrected chi connectivity index (χ3v) is 18.3. The minimum atomic E-state index is -5.21. The highest BCUT2D eigenvalue weighted by atomic mass is 32.2. The highest BCUT2D eigenvalue weighted by Gasteiger charge is 2.30. The van der Waals surface area contributed by atoms with Crippen molar-refractivity contribution in [3.63, 3.8) is 0 Å². The van der Waals surface area contributed by atoms with E-state index in [4.69, 9.17) is 0 Å². The van der Waals surface area contributed by atoms with Gasteiger partial charge in [0.1, 0.15) is 21.4 Å². The van der Waals surface area contributed by atoms with Crippen molar-refractivity contribution in [1.29, 1.82) is 0 Å². The monoisotopic (exact) mass is 1400 g/mol. The van der Waals surface area contributed by atoms with Crippen molar-refractivity contribution < 1.29 is 97.6 Å². The number of aliphatic hydroxyl groups is 2. The van der Waals surface area contributed by atoms with Gasteiger partial charge in [-0.25, -0.2) is 4.98 Å². The van der Waals surface area contributed by atoms with Gasteiger partial charge in [0.15, 0.2) is 0 Å². The number of hydrogen-bond acceptors (Lipinski definition) is 26. The molecule has 2 heterocycles. The molecule has 0 radical (unpaired) electrons. The number of nitrogens with zero attached hydrogens (tertiary/aromatic N) is 8. The van der Waals surface area contributed by atoms with E-state index in [-0.39, 0.29) is 79.7 Å². The molecule has 0 aliphatic carbocycles. The van der Waals surface area contributed by atoms with Crippen molar-refractivity contribution in [2.24, 2.45) is 0 Å². The number of hydrogen-bond donors (Lipinski definition) is 12. The van der Waals surface area contributed by atoms with Crippen LogP contribution in [0, 0.1) is 0 Å². The molecule has 40 heteroatoms. The number of amides is 2. The molecular formula is C52H68N12O22S6. The molecule has 2 amide bonds. The second-order valence-electron chi connectivity index (χ2n) is 21.4. The van der Waals surface area contributed by atoms with E-state index >= 15 is 0 Å². The molecule has 5 aromatic rings. The number of carbonyl (C=O) groups is 2. The first kappa shape index (κ1) is 75.1. The van der Waals surface area contributed by atoms with E-state index < -0.39 is 164 Å². The fourth-order valence-corrected chi connectivity index (χ4v) is 13.4. The Kier molecular flexibility index (Phi) is 25.2. The fraction of sp³-hybridized carbons (Fsp3) is 0.385. The molecule has 0 atom stereocenters. The van der Waals surface area contributed by atoms with Gasteiger partial charge in [-0.2, -0.15) is 75.4 Å². The van der Waals surface area contributed by atoms with Crippen molar-refractivity contribution in [2.45, 2.75) is 86.1 Å². The van der Waals surface area contributed by atoms with Crippen molar-refractivity contribution in [1.82, 2.24) is 40.5 Å².